The molecule has 13 aliphatic heterocycles. The zero-order valence-electron chi connectivity index (χ0n) is 77.7. The number of methoxy groups -OCH3 is 2. The van der Waals surface area contributed by atoms with E-state index in [1.54, 1.807) is 7.05 Å². The molecule has 3 atom stereocenters. The first kappa shape index (κ1) is 124. The van der Waals surface area contributed by atoms with Gasteiger partial charge in [0.1, 0.15) is 11.8 Å². The van der Waals surface area contributed by atoms with Gasteiger partial charge in [0.25, 0.3) is 0 Å². The van der Waals surface area contributed by atoms with E-state index in [1.807, 2.05) is 20.9 Å². The molecule has 0 unspecified atom stereocenters. The second kappa shape index (κ2) is 101. The van der Waals surface area contributed by atoms with E-state index in [1.165, 1.54) is 124 Å². The minimum atomic E-state index is -0.722. The lowest BCUT2D eigenvalue weighted by atomic mass is 9.95. The summed E-state index contributed by atoms with van der Waals surface area (Å²) in [5.41, 5.74) is 0. The molecule has 13 heterocycles. The van der Waals surface area contributed by atoms with Gasteiger partial charge >= 0.3 is 23.9 Å². The van der Waals surface area contributed by atoms with Crippen LogP contribution in [0.3, 0.4) is 0 Å². The van der Waals surface area contributed by atoms with E-state index < -0.39 is 5.97 Å². The van der Waals surface area contributed by atoms with Crippen LogP contribution in [-0.4, -0.2) is 415 Å². The number of halogens is 1. The molecule has 13 fully saturated rings. The smallest absolute Gasteiger partial charge is 0.322 e. The summed E-state index contributed by atoms with van der Waals surface area (Å²) in [6, 6.07) is 0.370. The number of aliphatic hydroxyl groups excluding tert-OH is 7. The standard InChI is InChI=1S/C8H15NO2.C7H16N2O.C7H15NO.C6H14N2.C6H11NO2.C6H13NO.C5H10BrN.C5H12N2.C5H11NO2.C5H11NO.C5H9NO.C5H11NO.C4H10N2.C4H9NO2.C4H9NO.C4H11NO/c1-2-11-8(10)7-3-5-9-6-4-7;10-7-6-9-4-1-2-8-3-5-9;9-6-3-7-1-4-8-5-2-7;1-3-7-5-2-6-8-4-1;1-9-6(8)5-3-2-4-7-5;8-5-6-1-3-7-4-2-6;6-5-1-3-7-4-2-5;1-2-6-4-5-7-3-1;1-6-4-2-3-5(7)8;2*7-5-1-3-6-4-2-5;7-4-5-2-1-3-6-5;1-2-6-4-3-5-1;1-5-3-4(6)7-2;6-4-1-2-5-3-4;1-2-5-3-4-6/h7,9H,2-6H2,1H3;8,10H,1-7H2;7-9H,1-6H2;7-8H,1-6H2;5,7H,2-4H2,1H3;6-8H,1-5H2;5,7H,1-4H2;6-7H,1-5H2;6H,2-4H2,1H3,(H,7,8);5-7H,1-4H2;6H,1-4H2;5-7H,1-4H2;5-6H,1-4H2;5H,3H2,1-2H3;4-6H,1-3H2;5-6H,2-4H2,1H3/t;;;;5-;;;;;;;5-;;;4-;/m....0......0..1./s1. The van der Waals surface area contributed by atoms with E-state index in [4.69, 9.17) is 45.6 Å². The van der Waals surface area contributed by atoms with Crippen LogP contribution >= 0.6 is 15.9 Å². The molecule has 0 radical (unpaired) electrons. The van der Waals surface area contributed by atoms with Crippen molar-refractivity contribution in [3.8, 4) is 0 Å². The fourth-order valence-corrected chi connectivity index (χ4v) is 13.5. The van der Waals surface area contributed by atoms with E-state index in [-0.39, 0.29) is 61.6 Å². The molecule has 37 heteroatoms. The number of hydrogen-bond donors (Lipinski definition) is 27. The molecule has 0 aliphatic carbocycles. The fourth-order valence-electron chi connectivity index (χ4n) is 13.1. The molecule has 0 spiro atoms. The summed E-state index contributed by atoms with van der Waals surface area (Å²) in [7, 11) is 6.28. The van der Waals surface area contributed by atoms with E-state index in [2.05, 4.69) is 131 Å². The van der Waals surface area contributed by atoms with Crippen LogP contribution in [0.2, 0.25) is 0 Å². The number of piperidine rings is 6. The average molecular weight is 1840 g/mol. The molecule has 734 valence electrons. The summed E-state index contributed by atoms with van der Waals surface area (Å²) in [4.78, 5) is 55.4. The molecular weight excluding hydrogens is 1650 g/mol. The highest BCUT2D eigenvalue weighted by Crippen LogP contribution is 2.16. The van der Waals surface area contributed by atoms with Crippen molar-refractivity contribution >= 4 is 45.6 Å². The number of β-amino-alcohol motifs (C(OH)–C–C–N with tert-alkyl or cyclic N) is 2. The van der Waals surface area contributed by atoms with Crippen LogP contribution in [0.25, 0.3) is 0 Å². The van der Waals surface area contributed by atoms with Gasteiger partial charge in [-0.25, -0.2) is 0 Å². The Morgan fingerprint density at radius 2 is 0.911 bits per heavy atom. The number of esters is 3. The maximum atomic E-state index is 11.1. The van der Waals surface area contributed by atoms with Crippen LogP contribution in [-0.2, 0) is 38.2 Å². The number of carbonyl (C=O) groups excluding carboxylic acids is 4. The molecule has 0 bridgehead atoms. The Bertz CT molecular complexity index is 2080. The molecule has 0 aromatic carbocycles. The number of aliphatic hydroxyl groups is 7. The zero-order valence-corrected chi connectivity index (χ0v) is 79.2. The van der Waals surface area contributed by atoms with E-state index in [9.17, 15) is 24.0 Å². The fraction of sp³-hybridized carbons (Fsp3) is 0.942. The van der Waals surface area contributed by atoms with Gasteiger partial charge in [-0.1, -0.05) is 22.9 Å². The van der Waals surface area contributed by atoms with Crippen molar-refractivity contribution in [3.63, 3.8) is 0 Å². The van der Waals surface area contributed by atoms with Gasteiger partial charge in [0.05, 0.1) is 65.3 Å². The van der Waals surface area contributed by atoms with Crippen molar-refractivity contribution in [3.05, 3.63) is 0 Å². The minimum Gasteiger partial charge on any atom is -0.481 e. The van der Waals surface area contributed by atoms with E-state index >= 15 is 0 Å². The van der Waals surface area contributed by atoms with Crippen molar-refractivity contribution in [2.45, 2.75) is 197 Å². The van der Waals surface area contributed by atoms with Crippen LogP contribution in [0.1, 0.15) is 168 Å². The van der Waals surface area contributed by atoms with Gasteiger partial charge in [-0.05, 0) is 318 Å². The number of ether oxygens (including phenoxy) is 3. The third kappa shape index (κ3) is 93.4. The molecule has 36 nitrogen and oxygen atoms in total. The number of rotatable bonds is 18. The highest BCUT2D eigenvalue weighted by molar-refractivity contribution is 9.09. The van der Waals surface area contributed by atoms with Crippen LogP contribution in [0.4, 0.5) is 0 Å². The average Bonchev–Trinajstić information content (AvgIpc) is 1.32. The lowest BCUT2D eigenvalue weighted by Crippen LogP contribution is -2.39. The minimum absolute atomic E-state index is 0.0194. The maximum absolute atomic E-state index is 11.1. The monoisotopic (exact) mass is 1840 g/mol. The van der Waals surface area contributed by atoms with Gasteiger partial charge in [-0.2, -0.15) is 0 Å². The van der Waals surface area contributed by atoms with Gasteiger partial charge < -0.3 is 156 Å². The number of hydrogen-bond acceptors (Lipinski definition) is 35. The van der Waals surface area contributed by atoms with Gasteiger partial charge in [0.2, 0.25) is 0 Å². The van der Waals surface area contributed by atoms with Crippen molar-refractivity contribution < 1.29 is 79.0 Å². The summed E-state index contributed by atoms with van der Waals surface area (Å²) >= 11 is 3.55. The number of ketones is 1. The predicted octanol–water partition coefficient (Wildman–Crippen LogP) is -2.30. The molecule has 123 heavy (non-hydrogen) atoms. The predicted molar refractivity (Wildman–Crippen MR) is 501 cm³/mol. The quantitative estimate of drug-likeness (QED) is 0.0297. The summed E-state index contributed by atoms with van der Waals surface area (Å²) in [5.74, 6) is 0.812. The van der Waals surface area contributed by atoms with Gasteiger partial charge in [0.15, 0.2) is 0 Å². The van der Waals surface area contributed by atoms with Crippen molar-refractivity contribution in [2.75, 3.05) is 310 Å². The highest BCUT2D eigenvalue weighted by Gasteiger charge is 2.23. The Morgan fingerprint density at radius 1 is 0.447 bits per heavy atom. The van der Waals surface area contributed by atoms with E-state index in [0.717, 1.165) is 277 Å². The first-order chi connectivity index (χ1) is 60.0. The van der Waals surface area contributed by atoms with Gasteiger partial charge in [-0.3, -0.25) is 28.9 Å². The lowest BCUT2D eigenvalue weighted by Gasteiger charge is -2.21. The molecule has 13 rings (SSSR count). The number of nitrogens with zero attached hydrogens (tertiary/aromatic N) is 1. The SMILES string of the molecule is BrC1CCNCC1.C1CNCCCNC1.C1CNCCN1.C1CNCCNC1.CCNCCO.CCOC(=O)C1CCNCC1.CNCC(=O)OC.CNCCCC(=O)O.COC(=O)[C@@H]1CCCN1.O=C1CCNCC1.OC1CCNCC1.OCC1CCNCC1.OCCC1CCNCC1.OCCN1CCCNCC1.OC[C@@H]1CCCN1.O[C@@H]1CCNC1. The maximum Gasteiger partial charge on any atom is 0.322 e. The number of piperazine rings is 1. The van der Waals surface area contributed by atoms with Crippen LogP contribution in [0, 0.1) is 17.8 Å². The molecule has 13 aliphatic rings. The second-order valence-corrected chi connectivity index (χ2v) is 32.7. The zero-order chi connectivity index (χ0) is 91.0. The topological polar surface area (TPSA) is 507 Å². The van der Waals surface area contributed by atoms with Crippen LogP contribution in [0.5, 0.6) is 0 Å². The number of carboxylic acids is 1. The molecule has 0 aromatic heterocycles. The number of carbonyl (C=O) groups is 5. The van der Waals surface area contributed by atoms with E-state index in [0.29, 0.717) is 57.2 Å². The third-order valence-corrected chi connectivity index (χ3v) is 21.6. The largest absolute Gasteiger partial charge is 0.481 e. The summed E-state index contributed by atoms with van der Waals surface area (Å²) in [6.45, 7) is 44.2. The Labute approximate surface area is 751 Å². The molecule has 0 aromatic rings. The first-order valence-electron chi connectivity index (χ1n) is 47.2. The van der Waals surface area contributed by atoms with Crippen molar-refractivity contribution in [2.24, 2.45) is 17.8 Å². The first-order valence-corrected chi connectivity index (χ1v) is 48.1. The number of Topliss-reactive ketones (excluding diaryl/α,β-unsaturated/α-hetero) is 1. The molecule has 0 amide bonds. The summed E-state index contributed by atoms with van der Waals surface area (Å²) < 4.78 is 13.7. The summed E-state index contributed by atoms with van der Waals surface area (Å²) in [6.07, 6.45) is 24.8. The molecular formula is C86H187BrN20O16. The Balaban J connectivity index is -0.00000125. The molecule has 0 saturated carbocycles. The van der Waals surface area contributed by atoms with Gasteiger partial charge in [0, 0.05) is 128 Å². The number of likely N-dealkylation sites (N-methyl/N-ethyl adjacent to an activating group) is 2. The van der Waals surface area contributed by atoms with Crippen molar-refractivity contribution in [1.29, 1.82) is 0 Å². The highest BCUT2D eigenvalue weighted by atomic mass is 79.9. The molecule has 13 saturated heterocycles. The number of nitrogens with one attached hydrogen (secondary N) is 19. The number of alkyl halides is 1. The third-order valence-electron chi connectivity index (χ3n) is 20.7. The van der Waals surface area contributed by atoms with Crippen molar-refractivity contribution in [1.82, 2.24) is 106 Å². The van der Waals surface area contributed by atoms with Crippen LogP contribution in [0.15, 0.2) is 0 Å². The normalized spacial score (nSPS) is 21.9. The Hall–Kier alpha value is -3.05. The number of carboxylic acid groups (broad SMARTS) is 1. The summed E-state index contributed by atoms with van der Waals surface area (Å²) in [5, 5.41) is 128. The second-order valence-electron chi connectivity index (χ2n) is 31.4. The molecule has 27 N–H and O–H groups in total. The number of aliphatic carboxylic acids is 1. The Morgan fingerprint density at radius 3 is 1.24 bits per heavy atom. The van der Waals surface area contributed by atoms with Gasteiger partial charge in [-0.15, -0.1) is 0 Å². The Kier molecular flexibility index (Phi) is 102. The lowest BCUT2D eigenvalue weighted by molar-refractivity contribution is -0.149. The van der Waals surface area contributed by atoms with Crippen LogP contribution < -0.4 is 101 Å².